The molecule has 1 rings (SSSR count). The lowest BCUT2D eigenvalue weighted by molar-refractivity contribution is 0.186. The second-order valence-electron chi connectivity index (χ2n) is 1.04. The van der Waals surface area contributed by atoms with Crippen LogP contribution in [0, 0.1) is 0 Å². The van der Waals surface area contributed by atoms with Gasteiger partial charge in [-0.1, -0.05) is 10.3 Å². The molecule has 0 aliphatic rings. The Hall–Kier alpha value is -0.940. The molecule has 1 aromatic heterocycles. The summed E-state index contributed by atoms with van der Waals surface area (Å²) in [6, 6.07) is 0. The fourth-order valence-electron chi connectivity index (χ4n) is 0.136. The Bertz CT molecular complexity index is 89.3. The van der Waals surface area contributed by atoms with Crippen LogP contribution in [-0.4, -0.2) is 33.7 Å². The minimum atomic E-state index is -0.125. The molecule has 0 bridgehead atoms. The first-order chi connectivity index (χ1) is 4.41. The molecule has 0 saturated heterocycles. The Labute approximate surface area is 51.9 Å². The molecule has 5 nitrogen and oxygen atoms in total. The second-order valence-corrected chi connectivity index (χ2v) is 1.04. The van der Waals surface area contributed by atoms with Crippen molar-refractivity contribution in [1.82, 2.24) is 10.3 Å². The average molecular weight is 132 g/mol. The SMILES string of the molecule is OCCO.c1cnon1. The van der Waals surface area contributed by atoms with E-state index in [2.05, 4.69) is 14.9 Å². The van der Waals surface area contributed by atoms with Gasteiger partial charge in [-0.25, -0.2) is 4.63 Å². The predicted octanol–water partition coefficient (Wildman–Crippen LogP) is -0.959. The van der Waals surface area contributed by atoms with E-state index in [9.17, 15) is 0 Å². The number of aliphatic hydroxyl groups is 2. The number of hydrogen-bond acceptors (Lipinski definition) is 5. The van der Waals surface area contributed by atoms with Crippen LogP contribution in [0.25, 0.3) is 0 Å². The molecule has 2 N–H and O–H groups in total. The Morgan fingerprint density at radius 2 is 1.56 bits per heavy atom. The summed E-state index contributed by atoms with van der Waals surface area (Å²) in [5, 5.41) is 21.7. The van der Waals surface area contributed by atoms with Crippen LogP contribution in [-0.2, 0) is 0 Å². The highest BCUT2D eigenvalue weighted by atomic mass is 16.6. The van der Waals surface area contributed by atoms with Gasteiger partial charge < -0.3 is 10.2 Å². The Balaban J connectivity index is 0.000000148. The van der Waals surface area contributed by atoms with E-state index in [0.717, 1.165) is 0 Å². The van der Waals surface area contributed by atoms with Crippen molar-refractivity contribution in [3.8, 4) is 0 Å². The number of hydrogen-bond donors (Lipinski definition) is 2. The molecule has 0 atom stereocenters. The molecule has 0 amide bonds. The van der Waals surface area contributed by atoms with E-state index >= 15 is 0 Å². The van der Waals surface area contributed by atoms with E-state index in [1.165, 1.54) is 12.4 Å². The quantitative estimate of drug-likeness (QED) is 0.514. The van der Waals surface area contributed by atoms with Gasteiger partial charge in [0.05, 0.1) is 25.6 Å². The molecule has 1 heterocycles. The van der Waals surface area contributed by atoms with E-state index in [0.29, 0.717) is 0 Å². The zero-order valence-corrected chi connectivity index (χ0v) is 4.77. The van der Waals surface area contributed by atoms with Gasteiger partial charge in [0.1, 0.15) is 0 Å². The van der Waals surface area contributed by atoms with Gasteiger partial charge in [0.15, 0.2) is 0 Å². The van der Waals surface area contributed by atoms with Crippen LogP contribution in [0.15, 0.2) is 17.0 Å². The Kier molecular flexibility index (Phi) is 6.32. The van der Waals surface area contributed by atoms with Crippen molar-refractivity contribution in [1.29, 1.82) is 0 Å². The van der Waals surface area contributed by atoms with Crippen molar-refractivity contribution in [3.05, 3.63) is 12.4 Å². The summed E-state index contributed by atoms with van der Waals surface area (Å²) in [6.45, 7) is -0.250. The van der Waals surface area contributed by atoms with Crippen LogP contribution in [0.1, 0.15) is 0 Å². The zero-order chi connectivity index (χ0) is 6.95. The van der Waals surface area contributed by atoms with Crippen LogP contribution >= 0.6 is 0 Å². The maximum absolute atomic E-state index is 7.62. The molecule has 0 aliphatic heterocycles. The lowest BCUT2D eigenvalue weighted by Gasteiger charge is -1.70. The van der Waals surface area contributed by atoms with E-state index in [4.69, 9.17) is 10.2 Å². The van der Waals surface area contributed by atoms with Gasteiger partial charge in [-0.2, -0.15) is 0 Å². The molecule has 0 saturated carbocycles. The largest absolute Gasteiger partial charge is 0.394 e. The summed E-state index contributed by atoms with van der Waals surface area (Å²) >= 11 is 0. The van der Waals surface area contributed by atoms with Crippen LogP contribution in [0.4, 0.5) is 0 Å². The highest BCUT2D eigenvalue weighted by molar-refractivity contribution is 4.51. The highest BCUT2D eigenvalue weighted by Crippen LogP contribution is 1.62. The molecule has 0 unspecified atom stereocenters. The summed E-state index contributed by atoms with van der Waals surface area (Å²) < 4.78 is 4.08. The van der Waals surface area contributed by atoms with Gasteiger partial charge in [0.2, 0.25) is 0 Å². The van der Waals surface area contributed by atoms with Crippen LogP contribution in [0.2, 0.25) is 0 Å². The standard InChI is InChI=1S/C2H2N2O.C2H6O2/c1-2-4-5-3-1;3-1-2-4/h1-2H;3-4H,1-2H2. The number of aliphatic hydroxyl groups excluding tert-OH is 2. The fourth-order valence-corrected chi connectivity index (χ4v) is 0.136. The van der Waals surface area contributed by atoms with Gasteiger partial charge in [-0.05, 0) is 0 Å². The van der Waals surface area contributed by atoms with E-state index in [-0.39, 0.29) is 13.2 Å². The summed E-state index contributed by atoms with van der Waals surface area (Å²) in [7, 11) is 0. The smallest absolute Gasteiger partial charge is 0.0913 e. The third-order valence-corrected chi connectivity index (χ3v) is 0.383. The first-order valence-electron chi connectivity index (χ1n) is 2.35. The van der Waals surface area contributed by atoms with Crippen molar-refractivity contribution in [3.63, 3.8) is 0 Å². The minimum Gasteiger partial charge on any atom is -0.394 e. The molecular weight excluding hydrogens is 124 g/mol. The normalized spacial score (nSPS) is 7.78. The zero-order valence-electron chi connectivity index (χ0n) is 4.77. The molecule has 0 aliphatic carbocycles. The Morgan fingerprint density at radius 3 is 1.67 bits per heavy atom. The monoisotopic (exact) mass is 132 g/mol. The van der Waals surface area contributed by atoms with Crippen molar-refractivity contribution < 1.29 is 14.8 Å². The third kappa shape index (κ3) is 7.06. The topological polar surface area (TPSA) is 79.4 Å². The van der Waals surface area contributed by atoms with Crippen molar-refractivity contribution in [2.75, 3.05) is 13.2 Å². The lowest BCUT2D eigenvalue weighted by atomic mass is 10.8. The molecule has 52 valence electrons. The lowest BCUT2D eigenvalue weighted by Crippen LogP contribution is -1.85. The average Bonchev–Trinajstić information content (AvgIpc) is 2.43. The van der Waals surface area contributed by atoms with Crippen LogP contribution in [0.3, 0.4) is 0 Å². The first-order valence-corrected chi connectivity index (χ1v) is 2.35. The predicted molar refractivity (Wildman–Crippen MR) is 28.5 cm³/mol. The van der Waals surface area contributed by atoms with Crippen LogP contribution < -0.4 is 0 Å². The molecular formula is C4H8N2O3. The molecule has 5 heteroatoms. The number of aromatic nitrogens is 2. The number of nitrogens with zero attached hydrogens (tertiary/aromatic N) is 2. The maximum atomic E-state index is 7.62. The third-order valence-electron chi connectivity index (χ3n) is 0.383. The number of rotatable bonds is 1. The van der Waals surface area contributed by atoms with Crippen LogP contribution in [0.5, 0.6) is 0 Å². The summed E-state index contributed by atoms with van der Waals surface area (Å²) in [6.07, 6.45) is 2.94. The summed E-state index contributed by atoms with van der Waals surface area (Å²) in [5.41, 5.74) is 0. The van der Waals surface area contributed by atoms with E-state index < -0.39 is 0 Å². The first kappa shape index (κ1) is 8.06. The van der Waals surface area contributed by atoms with Gasteiger partial charge in [-0.3, -0.25) is 0 Å². The minimum absolute atomic E-state index is 0.125. The van der Waals surface area contributed by atoms with Gasteiger partial charge in [0, 0.05) is 0 Å². The molecule has 0 aromatic carbocycles. The van der Waals surface area contributed by atoms with E-state index in [1.54, 1.807) is 0 Å². The molecule has 0 spiro atoms. The van der Waals surface area contributed by atoms with Gasteiger partial charge in [0.25, 0.3) is 0 Å². The molecule has 1 aromatic rings. The van der Waals surface area contributed by atoms with Gasteiger partial charge >= 0.3 is 0 Å². The van der Waals surface area contributed by atoms with Crippen molar-refractivity contribution in [2.45, 2.75) is 0 Å². The molecule has 0 fully saturated rings. The summed E-state index contributed by atoms with van der Waals surface area (Å²) in [5.74, 6) is 0. The summed E-state index contributed by atoms with van der Waals surface area (Å²) in [4.78, 5) is 0. The molecule has 9 heavy (non-hydrogen) atoms. The van der Waals surface area contributed by atoms with Crippen molar-refractivity contribution in [2.24, 2.45) is 0 Å². The maximum Gasteiger partial charge on any atom is 0.0913 e. The fraction of sp³-hybridized carbons (Fsp3) is 0.500. The highest BCUT2D eigenvalue weighted by Gasteiger charge is 1.61. The second kappa shape index (κ2) is 7.06. The van der Waals surface area contributed by atoms with Crippen molar-refractivity contribution >= 4 is 0 Å². The Morgan fingerprint density at radius 1 is 1.11 bits per heavy atom. The van der Waals surface area contributed by atoms with Gasteiger partial charge in [-0.15, -0.1) is 0 Å². The van der Waals surface area contributed by atoms with E-state index in [1.807, 2.05) is 0 Å². The molecule has 0 radical (unpaired) electrons.